The van der Waals surface area contributed by atoms with Crippen LogP contribution in [0.3, 0.4) is 0 Å². The number of hydrogen-bond donors (Lipinski definition) is 2. The highest BCUT2D eigenvalue weighted by Crippen LogP contribution is 2.56. The van der Waals surface area contributed by atoms with E-state index in [1.54, 1.807) is 36.4 Å². The standard InChI is InChI=1S/C27H26BrNO5/c28-19-7-5-18(6-8-19)22(30)23-27(33,21-4-2-1-3-20(21)24(31)34-23)25(32)29-26-12-15-9-16(13-26)11-17(10-15)14-26/h1-8,15-17,23,33H,9-14H2,(H,29,32)/t15?,16?,17?,23-,26?,27-/m0/s1. The lowest BCUT2D eigenvalue weighted by Gasteiger charge is -2.57. The number of carbonyl (C=O) groups excluding carboxylic acids is 3. The van der Waals surface area contributed by atoms with E-state index in [1.165, 1.54) is 31.4 Å². The van der Waals surface area contributed by atoms with Gasteiger partial charge in [0.15, 0.2) is 0 Å². The van der Waals surface area contributed by atoms with Crippen molar-refractivity contribution in [3.63, 3.8) is 0 Å². The van der Waals surface area contributed by atoms with Crippen LogP contribution in [0.25, 0.3) is 0 Å². The maximum absolute atomic E-state index is 14.0. The third-order valence-electron chi connectivity index (χ3n) is 8.29. The molecule has 2 aromatic carbocycles. The van der Waals surface area contributed by atoms with Gasteiger partial charge in [-0.25, -0.2) is 4.79 Å². The van der Waals surface area contributed by atoms with Gasteiger partial charge in [-0.05, 0) is 74.5 Å². The largest absolute Gasteiger partial charge is 0.446 e. The molecule has 5 aliphatic rings. The average molecular weight is 524 g/mol. The second kappa shape index (κ2) is 7.75. The molecule has 0 radical (unpaired) electrons. The first-order valence-electron chi connectivity index (χ1n) is 11.9. The summed E-state index contributed by atoms with van der Waals surface area (Å²) < 4.78 is 6.29. The number of rotatable bonds is 4. The zero-order chi connectivity index (χ0) is 23.7. The lowest BCUT2D eigenvalue weighted by Crippen LogP contribution is -2.66. The number of amides is 1. The van der Waals surface area contributed by atoms with Gasteiger partial charge in [-0.3, -0.25) is 9.59 Å². The van der Waals surface area contributed by atoms with E-state index in [0.717, 1.165) is 23.7 Å². The van der Waals surface area contributed by atoms with Gasteiger partial charge in [-0.15, -0.1) is 0 Å². The maximum Gasteiger partial charge on any atom is 0.339 e. The second-order valence-corrected chi connectivity index (χ2v) is 11.5. The highest BCUT2D eigenvalue weighted by molar-refractivity contribution is 9.10. The molecule has 4 bridgehead atoms. The van der Waals surface area contributed by atoms with Gasteiger partial charge in [0.2, 0.25) is 17.5 Å². The molecule has 0 unspecified atom stereocenters. The maximum atomic E-state index is 14.0. The van der Waals surface area contributed by atoms with Crippen molar-refractivity contribution in [3.8, 4) is 0 Å². The first-order chi connectivity index (χ1) is 16.3. The van der Waals surface area contributed by atoms with Crippen molar-refractivity contribution in [2.24, 2.45) is 17.8 Å². The van der Waals surface area contributed by atoms with Crippen LogP contribution in [0.4, 0.5) is 0 Å². The summed E-state index contributed by atoms with van der Waals surface area (Å²) in [4.78, 5) is 40.3. The molecule has 1 amide bonds. The summed E-state index contributed by atoms with van der Waals surface area (Å²) >= 11 is 3.34. The molecule has 7 rings (SSSR count). The van der Waals surface area contributed by atoms with Gasteiger partial charge in [0, 0.05) is 21.1 Å². The molecule has 4 fully saturated rings. The van der Waals surface area contributed by atoms with Gasteiger partial charge in [0.1, 0.15) is 0 Å². The highest BCUT2D eigenvalue weighted by Gasteiger charge is 2.59. The Labute approximate surface area is 206 Å². The predicted molar refractivity (Wildman–Crippen MR) is 127 cm³/mol. The predicted octanol–water partition coefficient (Wildman–Crippen LogP) is 4.14. The molecular weight excluding hydrogens is 498 g/mol. The van der Waals surface area contributed by atoms with Crippen molar-refractivity contribution in [2.75, 3.05) is 0 Å². The Hall–Kier alpha value is -2.51. The quantitative estimate of drug-likeness (QED) is 0.464. The van der Waals surface area contributed by atoms with Crippen molar-refractivity contribution >= 4 is 33.6 Å². The third-order valence-corrected chi connectivity index (χ3v) is 8.82. The van der Waals surface area contributed by atoms with Crippen LogP contribution in [0, 0.1) is 17.8 Å². The minimum absolute atomic E-state index is 0.102. The van der Waals surface area contributed by atoms with Gasteiger partial charge in [0.25, 0.3) is 5.91 Å². The minimum Gasteiger partial charge on any atom is -0.446 e. The molecule has 1 heterocycles. The van der Waals surface area contributed by atoms with E-state index in [-0.39, 0.29) is 22.2 Å². The van der Waals surface area contributed by atoms with E-state index < -0.39 is 29.4 Å². The van der Waals surface area contributed by atoms with Crippen molar-refractivity contribution in [3.05, 3.63) is 69.7 Å². The van der Waals surface area contributed by atoms with Crippen LogP contribution in [-0.2, 0) is 15.1 Å². The molecule has 0 saturated heterocycles. The van der Waals surface area contributed by atoms with Crippen molar-refractivity contribution < 1.29 is 24.2 Å². The van der Waals surface area contributed by atoms with E-state index in [1.807, 2.05) is 0 Å². The SMILES string of the molecule is O=C1O[C@@H](C(=O)c2ccc(Br)cc2)[C@](O)(C(=O)NC23CC4CC(CC(C4)C2)C3)c2ccccc21. The number of cyclic esters (lactones) is 1. The summed E-state index contributed by atoms with van der Waals surface area (Å²) in [5.74, 6) is -0.213. The molecule has 1 aliphatic heterocycles. The normalized spacial score (nSPS) is 35.4. The number of benzene rings is 2. The zero-order valence-corrected chi connectivity index (χ0v) is 20.2. The number of fused-ring (bicyclic) bond motifs is 1. The third kappa shape index (κ3) is 3.35. The second-order valence-electron chi connectivity index (χ2n) is 10.6. The Morgan fingerprint density at radius 2 is 1.53 bits per heavy atom. The molecule has 0 aromatic heterocycles. The number of Topliss-reactive ketones (excluding diaryl/α,β-unsaturated/α-hetero) is 1. The molecule has 4 saturated carbocycles. The fourth-order valence-corrected chi connectivity index (χ4v) is 7.50. The summed E-state index contributed by atoms with van der Waals surface area (Å²) in [7, 11) is 0. The minimum atomic E-state index is -2.32. The van der Waals surface area contributed by atoms with Gasteiger partial charge in [-0.1, -0.05) is 46.3 Å². The molecule has 176 valence electrons. The molecule has 2 aromatic rings. The molecule has 7 heteroatoms. The van der Waals surface area contributed by atoms with Gasteiger partial charge in [0.05, 0.1) is 5.56 Å². The van der Waals surface area contributed by atoms with Gasteiger partial charge < -0.3 is 15.2 Å². The number of hydrogen-bond acceptors (Lipinski definition) is 5. The van der Waals surface area contributed by atoms with Crippen molar-refractivity contribution in [1.29, 1.82) is 0 Å². The van der Waals surface area contributed by atoms with Crippen LogP contribution in [-0.4, -0.2) is 34.4 Å². The number of ether oxygens (including phenoxy) is 1. The molecule has 0 spiro atoms. The van der Waals surface area contributed by atoms with Crippen LogP contribution < -0.4 is 5.32 Å². The number of halogens is 1. The summed E-state index contributed by atoms with van der Waals surface area (Å²) in [5.41, 5.74) is -2.22. The van der Waals surface area contributed by atoms with Crippen LogP contribution in [0.2, 0.25) is 0 Å². The number of ketones is 1. The Morgan fingerprint density at radius 3 is 2.15 bits per heavy atom. The Kier molecular flexibility index (Phi) is 5.01. The lowest BCUT2D eigenvalue weighted by atomic mass is 9.53. The van der Waals surface area contributed by atoms with Crippen LogP contribution >= 0.6 is 15.9 Å². The number of carbonyl (C=O) groups is 3. The van der Waals surface area contributed by atoms with E-state index in [4.69, 9.17) is 4.74 Å². The van der Waals surface area contributed by atoms with E-state index in [2.05, 4.69) is 21.2 Å². The molecule has 34 heavy (non-hydrogen) atoms. The van der Waals surface area contributed by atoms with Crippen molar-refractivity contribution in [1.82, 2.24) is 5.32 Å². The highest BCUT2D eigenvalue weighted by atomic mass is 79.9. The Balaban J connectivity index is 1.40. The Bertz CT molecular complexity index is 1160. The van der Waals surface area contributed by atoms with Gasteiger partial charge in [-0.2, -0.15) is 0 Å². The van der Waals surface area contributed by atoms with E-state index in [9.17, 15) is 19.5 Å². The van der Waals surface area contributed by atoms with E-state index >= 15 is 0 Å². The number of nitrogens with one attached hydrogen (secondary N) is 1. The molecule has 6 nitrogen and oxygen atoms in total. The molecule has 4 aliphatic carbocycles. The first-order valence-corrected chi connectivity index (χ1v) is 12.7. The smallest absolute Gasteiger partial charge is 0.339 e. The summed E-state index contributed by atoms with van der Waals surface area (Å²) in [6.07, 6.45) is 4.65. The number of esters is 1. The van der Waals surface area contributed by atoms with Crippen LogP contribution in [0.5, 0.6) is 0 Å². The monoisotopic (exact) mass is 523 g/mol. The van der Waals surface area contributed by atoms with Crippen LogP contribution in [0.15, 0.2) is 53.0 Å². The number of aliphatic hydroxyl groups is 1. The lowest BCUT2D eigenvalue weighted by molar-refractivity contribution is -0.158. The molecule has 2 atom stereocenters. The molecule has 2 N–H and O–H groups in total. The Morgan fingerprint density at radius 1 is 0.941 bits per heavy atom. The fourth-order valence-electron chi connectivity index (χ4n) is 7.24. The molecular formula is C27H26BrNO5. The van der Waals surface area contributed by atoms with E-state index in [0.29, 0.717) is 17.8 Å². The zero-order valence-electron chi connectivity index (χ0n) is 18.6. The summed E-state index contributed by atoms with van der Waals surface area (Å²) in [5, 5.41) is 15.2. The average Bonchev–Trinajstić information content (AvgIpc) is 2.80. The summed E-state index contributed by atoms with van der Waals surface area (Å²) in [6.45, 7) is 0. The fraction of sp³-hybridized carbons (Fsp3) is 0.444. The van der Waals surface area contributed by atoms with Crippen molar-refractivity contribution in [2.45, 2.75) is 55.8 Å². The summed E-state index contributed by atoms with van der Waals surface area (Å²) in [6, 6.07) is 12.9. The first kappa shape index (κ1) is 22.0. The topological polar surface area (TPSA) is 92.7 Å². The van der Waals surface area contributed by atoms with Gasteiger partial charge >= 0.3 is 5.97 Å². The van der Waals surface area contributed by atoms with Crippen LogP contribution in [0.1, 0.15) is 64.8 Å².